The number of nitrogens with one attached hydrogen (secondary N) is 1. The molecule has 392 valence electrons. The Bertz CT molecular complexity index is 2710. The maximum atomic E-state index is 14.7. The molecule has 2 atom stereocenters. The van der Waals surface area contributed by atoms with Crippen molar-refractivity contribution in [2.45, 2.75) is 89.9 Å². The maximum absolute atomic E-state index is 14.7. The first-order valence-electron chi connectivity index (χ1n) is 26.2. The van der Waals surface area contributed by atoms with Crippen LogP contribution in [0.5, 0.6) is 11.5 Å². The summed E-state index contributed by atoms with van der Waals surface area (Å²) in [5, 5.41) is 4.58. The third-order valence-electron chi connectivity index (χ3n) is 14.3. The van der Waals surface area contributed by atoms with Crippen molar-refractivity contribution >= 4 is 57.1 Å². The molecule has 4 heterocycles. The Kier molecular flexibility index (Phi) is 18.7. The van der Waals surface area contributed by atoms with E-state index in [0.717, 1.165) is 123 Å². The van der Waals surface area contributed by atoms with Gasteiger partial charge >= 0.3 is 0 Å². The lowest BCUT2D eigenvalue weighted by atomic mass is 9.98. The number of benzene rings is 4. The number of nitrogens with two attached hydrogens (primary N) is 1. The second-order valence-electron chi connectivity index (χ2n) is 20.7. The zero-order valence-electron chi connectivity index (χ0n) is 43.4. The van der Waals surface area contributed by atoms with Crippen LogP contribution in [0, 0.1) is 0 Å². The van der Waals surface area contributed by atoms with E-state index in [2.05, 4.69) is 34.9 Å². The van der Waals surface area contributed by atoms with Crippen molar-refractivity contribution in [1.82, 2.24) is 48.9 Å². The Hall–Kier alpha value is -5.26. The zero-order valence-corrected chi connectivity index (χ0v) is 44.9. The van der Waals surface area contributed by atoms with Crippen LogP contribution in [0.1, 0.15) is 66.2 Å². The van der Waals surface area contributed by atoms with Crippen LogP contribution >= 0.6 is 23.2 Å². The minimum atomic E-state index is -0.646. The van der Waals surface area contributed by atoms with Crippen LogP contribution in [-0.4, -0.2) is 171 Å². The van der Waals surface area contributed by atoms with E-state index in [1.165, 1.54) is 0 Å². The molecule has 3 N–H and O–H groups in total. The van der Waals surface area contributed by atoms with E-state index in [4.69, 9.17) is 38.4 Å². The molecule has 4 aromatic carbocycles. The summed E-state index contributed by atoms with van der Waals surface area (Å²) >= 11 is 12.2. The molecule has 2 unspecified atom stereocenters. The molecular weight excluding hydrogens is 962 g/mol. The Morgan fingerprint density at radius 1 is 0.644 bits per heavy atom. The number of amides is 2. The number of likely N-dealkylation sites (N-methyl/N-ethyl adjacent to an activating group) is 1. The van der Waals surface area contributed by atoms with E-state index in [1.54, 1.807) is 0 Å². The largest absolute Gasteiger partial charge is 0.494 e. The molecule has 73 heavy (non-hydrogen) atoms. The fourth-order valence-electron chi connectivity index (χ4n) is 9.80. The summed E-state index contributed by atoms with van der Waals surface area (Å²) in [7, 11) is 1.87. The Labute approximate surface area is 441 Å². The summed E-state index contributed by atoms with van der Waals surface area (Å²) in [5.41, 5.74) is 11.6. The quantitative estimate of drug-likeness (QED) is 0.0568. The molecule has 17 heteroatoms. The van der Waals surface area contributed by atoms with Gasteiger partial charge in [-0.05, 0) is 152 Å². The molecule has 0 spiro atoms. The van der Waals surface area contributed by atoms with Crippen molar-refractivity contribution in [3.8, 4) is 22.9 Å². The smallest absolute Gasteiger partial charge is 0.242 e. The van der Waals surface area contributed by atoms with Gasteiger partial charge in [-0.3, -0.25) is 28.5 Å². The van der Waals surface area contributed by atoms with E-state index in [0.29, 0.717) is 56.0 Å². The van der Waals surface area contributed by atoms with Gasteiger partial charge < -0.3 is 35.2 Å². The number of carbonyl (C=O) groups excluding carboxylic acids is 2. The number of rotatable bonds is 24. The van der Waals surface area contributed by atoms with Crippen LogP contribution in [0.4, 0.5) is 0 Å². The monoisotopic (exact) mass is 1040 g/mol. The number of nitrogens with zero attached hydrogens (tertiary/aromatic N) is 9. The SMILES string of the molecule is CC(C)N(C)C(=O)C(C(C(=O)NCC(C)(C)N)N1CCN(CCCCCOc2ccc3c(c2)ncn3-c2ccc(Cl)cc2)CC1)N1CCN(CCCCCOc2ccc3c(c2)ncn3-c2ccc(Cl)cc2)CC1. The zero-order chi connectivity index (χ0) is 51.5. The average Bonchev–Trinajstić information content (AvgIpc) is 4.01. The number of halogens is 2. The number of aromatic nitrogens is 4. The third kappa shape index (κ3) is 14.5. The average molecular weight is 1040 g/mol. The highest BCUT2D eigenvalue weighted by atomic mass is 35.5. The van der Waals surface area contributed by atoms with Crippen molar-refractivity contribution in [2.75, 3.05) is 92.3 Å². The number of hydrogen-bond donors (Lipinski definition) is 2. The Morgan fingerprint density at radius 3 is 1.51 bits per heavy atom. The Balaban J connectivity index is 0.792. The summed E-state index contributed by atoms with van der Waals surface area (Å²) in [5.74, 6) is 1.49. The highest BCUT2D eigenvalue weighted by Crippen LogP contribution is 2.27. The molecule has 2 aromatic heterocycles. The number of unbranched alkanes of at least 4 members (excludes halogenated alkanes) is 4. The van der Waals surface area contributed by atoms with Crippen LogP contribution in [-0.2, 0) is 9.59 Å². The maximum Gasteiger partial charge on any atom is 0.242 e. The fourth-order valence-corrected chi connectivity index (χ4v) is 10.1. The van der Waals surface area contributed by atoms with Crippen LogP contribution in [0.2, 0.25) is 10.0 Å². The minimum Gasteiger partial charge on any atom is -0.494 e. The van der Waals surface area contributed by atoms with Crippen LogP contribution in [0.3, 0.4) is 0 Å². The molecule has 2 amide bonds. The van der Waals surface area contributed by atoms with Crippen molar-refractivity contribution in [3.05, 3.63) is 108 Å². The summed E-state index contributed by atoms with van der Waals surface area (Å²) < 4.78 is 16.4. The molecule has 6 aromatic rings. The molecular formula is C56H75Cl2N11O4. The summed E-state index contributed by atoms with van der Waals surface area (Å²) in [6.45, 7) is 17.6. The first-order valence-corrected chi connectivity index (χ1v) is 26.9. The molecule has 2 aliphatic rings. The van der Waals surface area contributed by atoms with Gasteiger partial charge in [-0.2, -0.15) is 0 Å². The topological polar surface area (TPSA) is 142 Å². The fraction of sp³-hybridized carbons (Fsp3) is 0.500. The number of piperazine rings is 2. The normalized spacial score (nSPS) is 16.3. The van der Waals surface area contributed by atoms with E-state index in [-0.39, 0.29) is 17.9 Å². The van der Waals surface area contributed by atoms with Gasteiger partial charge in [-0.15, -0.1) is 0 Å². The van der Waals surface area contributed by atoms with Crippen molar-refractivity contribution in [1.29, 1.82) is 0 Å². The van der Waals surface area contributed by atoms with Gasteiger partial charge in [-0.25, -0.2) is 9.97 Å². The summed E-state index contributed by atoms with van der Waals surface area (Å²) in [6, 6.07) is 26.3. The van der Waals surface area contributed by atoms with E-state index < -0.39 is 17.6 Å². The molecule has 2 saturated heterocycles. The molecule has 8 rings (SSSR count). The molecule has 0 bridgehead atoms. The highest BCUT2D eigenvalue weighted by molar-refractivity contribution is 6.30. The van der Waals surface area contributed by atoms with Gasteiger partial charge in [0.05, 0.1) is 35.3 Å². The van der Waals surface area contributed by atoms with E-state index in [1.807, 2.05) is 146 Å². The predicted octanol–water partition coefficient (Wildman–Crippen LogP) is 8.16. The molecule has 0 saturated carbocycles. The lowest BCUT2D eigenvalue weighted by Gasteiger charge is -2.47. The predicted molar refractivity (Wildman–Crippen MR) is 294 cm³/mol. The number of imidazole rings is 2. The molecule has 15 nitrogen and oxygen atoms in total. The third-order valence-corrected chi connectivity index (χ3v) is 14.8. The molecule has 2 aliphatic heterocycles. The van der Waals surface area contributed by atoms with Crippen molar-refractivity contribution < 1.29 is 19.1 Å². The number of ether oxygens (including phenoxy) is 2. The van der Waals surface area contributed by atoms with Crippen LogP contribution < -0.4 is 20.5 Å². The van der Waals surface area contributed by atoms with Crippen LogP contribution in [0.15, 0.2) is 97.6 Å². The van der Waals surface area contributed by atoms with Crippen LogP contribution in [0.25, 0.3) is 33.4 Å². The van der Waals surface area contributed by atoms with Crippen molar-refractivity contribution in [2.24, 2.45) is 5.73 Å². The standard InChI is InChI=1S/C56H75Cl2N11O4/c1-41(2)63(5)55(71)53(67-32-28-65(29-33-67)25-9-7-11-35-73-47-21-23-51-49(37-47)62-40-69(51)45-18-14-43(58)15-19-45)52(54(70)60-38-56(3,4)59)66-30-26-64(27-31-66)24-8-6-10-34-72-46-20-22-50-48(36-46)61-39-68(50)44-16-12-42(57)13-17-44/h12-23,36-37,39-41,52-53H,6-11,24-35,38,59H2,1-5H3,(H,60,70). The first-order chi connectivity index (χ1) is 35.2. The van der Waals surface area contributed by atoms with Gasteiger partial charge in [0.2, 0.25) is 11.8 Å². The second-order valence-corrected chi connectivity index (χ2v) is 21.6. The molecule has 0 radical (unpaired) electrons. The lowest BCUT2D eigenvalue weighted by molar-refractivity contribution is -0.147. The van der Waals surface area contributed by atoms with E-state index in [9.17, 15) is 9.59 Å². The molecule has 0 aliphatic carbocycles. The van der Waals surface area contributed by atoms with Gasteiger partial charge in [0, 0.05) is 111 Å². The van der Waals surface area contributed by atoms with Gasteiger partial charge in [0.1, 0.15) is 36.2 Å². The highest BCUT2D eigenvalue weighted by Gasteiger charge is 2.45. The van der Waals surface area contributed by atoms with Gasteiger partial charge in [0.25, 0.3) is 0 Å². The summed E-state index contributed by atoms with van der Waals surface area (Å²) in [4.78, 5) is 49.7. The number of fused-ring (bicyclic) bond motifs is 2. The lowest BCUT2D eigenvalue weighted by Crippen LogP contribution is -2.68. The minimum absolute atomic E-state index is 0.00912. The second kappa shape index (κ2) is 25.3. The van der Waals surface area contributed by atoms with Gasteiger partial charge in [0.15, 0.2) is 0 Å². The first kappa shape index (κ1) is 54.0. The van der Waals surface area contributed by atoms with Gasteiger partial charge in [-0.1, -0.05) is 23.2 Å². The number of carbonyl (C=O) groups is 2. The Morgan fingerprint density at radius 2 is 1.08 bits per heavy atom. The van der Waals surface area contributed by atoms with Crippen molar-refractivity contribution in [3.63, 3.8) is 0 Å². The number of hydrogen-bond acceptors (Lipinski definition) is 11. The molecule has 2 fully saturated rings. The van der Waals surface area contributed by atoms with E-state index >= 15 is 0 Å². The summed E-state index contributed by atoms with van der Waals surface area (Å²) in [6.07, 6.45) is 9.76.